The van der Waals surface area contributed by atoms with E-state index in [1.165, 1.54) is 12.1 Å². The second kappa shape index (κ2) is 7.14. The summed E-state index contributed by atoms with van der Waals surface area (Å²) in [7, 11) is -3.77. The molecule has 0 fully saturated rings. The number of rotatable bonds is 5. The van der Waals surface area contributed by atoms with Gasteiger partial charge in [-0.2, -0.15) is 0 Å². The Hall–Kier alpha value is -1.86. The van der Waals surface area contributed by atoms with Crippen LogP contribution in [0.5, 0.6) is 0 Å². The smallest absolute Gasteiger partial charge is 0.261 e. The van der Waals surface area contributed by atoms with Crippen LogP contribution in [-0.2, 0) is 10.0 Å². The fourth-order valence-corrected chi connectivity index (χ4v) is 3.27. The molecule has 2 aromatic carbocycles. The highest BCUT2D eigenvalue weighted by atomic mass is 79.9. The number of nitrogens with one attached hydrogen (secondary N) is 2. The van der Waals surface area contributed by atoms with E-state index in [1.54, 1.807) is 36.4 Å². The second-order valence-electron chi connectivity index (χ2n) is 5.23. The van der Waals surface area contributed by atoms with Crippen LogP contribution in [-0.4, -0.2) is 20.4 Å². The number of hydrogen-bond donors (Lipinski definition) is 2. The lowest BCUT2D eigenvalue weighted by Crippen LogP contribution is -2.31. The summed E-state index contributed by atoms with van der Waals surface area (Å²) < 4.78 is 28.2. The van der Waals surface area contributed by atoms with Crippen molar-refractivity contribution in [2.75, 3.05) is 4.72 Å². The molecule has 0 radical (unpaired) electrons. The number of sulfonamides is 1. The van der Waals surface area contributed by atoms with E-state index in [0.29, 0.717) is 0 Å². The molecule has 0 aliphatic carbocycles. The van der Waals surface area contributed by atoms with Gasteiger partial charge in [-0.3, -0.25) is 9.52 Å². The van der Waals surface area contributed by atoms with Gasteiger partial charge in [0, 0.05) is 10.5 Å². The maximum atomic E-state index is 12.5. The lowest BCUT2D eigenvalue weighted by atomic mass is 10.1. The lowest BCUT2D eigenvalue weighted by Gasteiger charge is -2.14. The summed E-state index contributed by atoms with van der Waals surface area (Å²) in [6, 6.07) is 12.7. The van der Waals surface area contributed by atoms with Gasteiger partial charge in [0.2, 0.25) is 0 Å². The van der Waals surface area contributed by atoms with E-state index in [2.05, 4.69) is 26.0 Å². The Labute approximate surface area is 144 Å². The van der Waals surface area contributed by atoms with Crippen LogP contribution < -0.4 is 10.0 Å². The van der Waals surface area contributed by atoms with Crippen LogP contribution in [0.25, 0.3) is 0 Å². The number of hydrogen-bond acceptors (Lipinski definition) is 3. The molecule has 0 spiro atoms. The molecule has 0 heterocycles. The van der Waals surface area contributed by atoms with Crippen molar-refractivity contribution in [3.63, 3.8) is 0 Å². The number of para-hydroxylation sites is 1. The number of halogens is 1. The molecule has 0 aromatic heterocycles. The number of carbonyl (C=O) groups is 1. The van der Waals surface area contributed by atoms with E-state index in [0.717, 1.165) is 4.47 Å². The molecule has 0 saturated carbocycles. The zero-order valence-corrected chi connectivity index (χ0v) is 15.1. The van der Waals surface area contributed by atoms with Gasteiger partial charge < -0.3 is 5.32 Å². The Kier molecular flexibility index (Phi) is 5.43. The average molecular weight is 397 g/mol. The topological polar surface area (TPSA) is 75.3 Å². The summed E-state index contributed by atoms with van der Waals surface area (Å²) in [4.78, 5) is 12.3. The molecule has 0 saturated heterocycles. The molecular formula is C16H17BrN2O3S. The monoisotopic (exact) mass is 396 g/mol. The molecule has 5 nitrogen and oxygen atoms in total. The maximum Gasteiger partial charge on any atom is 0.261 e. The largest absolute Gasteiger partial charge is 0.350 e. The first-order valence-electron chi connectivity index (χ1n) is 6.98. The van der Waals surface area contributed by atoms with Crippen LogP contribution in [0, 0.1) is 0 Å². The van der Waals surface area contributed by atoms with Crippen molar-refractivity contribution in [3.8, 4) is 0 Å². The zero-order chi connectivity index (χ0) is 17.0. The van der Waals surface area contributed by atoms with Gasteiger partial charge in [-0.05, 0) is 50.2 Å². The summed E-state index contributed by atoms with van der Waals surface area (Å²) in [6.07, 6.45) is 0. The molecule has 1 amide bonds. The number of amides is 1. The molecule has 0 unspecified atom stereocenters. The molecule has 2 N–H and O–H groups in total. The fourth-order valence-electron chi connectivity index (χ4n) is 1.93. The Balaban J connectivity index is 2.33. The Morgan fingerprint density at radius 3 is 2.26 bits per heavy atom. The molecule has 2 aromatic rings. The van der Waals surface area contributed by atoms with Crippen molar-refractivity contribution in [2.24, 2.45) is 0 Å². The van der Waals surface area contributed by atoms with Gasteiger partial charge in [0.05, 0.1) is 16.1 Å². The van der Waals surface area contributed by atoms with Crippen molar-refractivity contribution in [1.29, 1.82) is 0 Å². The third-order valence-corrected chi connectivity index (χ3v) is 4.87. The molecule has 0 aliphatic heterocycles. The number of anilines is 1. The predicted molar refractivity (Wildman–Crippen MR) is 94.0 cm³/mol. The van der Waals surface area contributed by atoms with E-state index in [9.17, 15) is 13.2 Å². The molecule has 0 aliphatic rings. The van der Waals surface area contributed by atoms with Gasteiger partial charge in [-0.15, -0.1) is 0 Å². The van der Waals surface area contributed by atoms with E-state index >= 15 is 0 Å². The minimum atomic E-state index is -3.77. The van der Waals surface area contributed by atoms with Crippen molar-refractivity contribution in [3.05, 3.63) is 58.6 Å². The average Bonchev–Trinajstić information content (AvgIpc) is 2.47. The molecule has 2 rings (SSSR count). The fraction of sp³-hybridized carbons (Fsp3) is 0.188. The molecule has 23 heavy (non-hydrogen) atoms. The highest BCUT2D eigenvalue weighted by molar-refractivity contribution is 9.10. The van der Waals surface area contributed by atoms with E-state index < -0.39 is 10.0 Å². The summed E-state index contributed by atoms with van der Waals surface area (Å²) in [5, 5.41) is 2.75. The van der Waals surface area contributed by atoms with Crippen LogP contribution in [0.15, 0.2) is 57.9 Å². The Morgan fingerprint density at radius 1 is 1.04 bits per heavy atom. The normalized spacial score (nSPS) is 11.3. The highest BCUT2D eigenvalue weighted by Gasteiger charge is 2.18. The summed E-state index contributed by atoms with van der Waals surface area (Å²) in [5.41, 5.74) is 0.524. The van der Waals surface area contributed by atoms with Crippen molar-refractivity contribution in [1.82, 2.24) is 5.32 Å². The van der Waals surface area contributed by atoms with E-state index in [4.69, 9.17) is 0 Å². The summed E-state index contributed by atoms with van der Waals surface area (Å²) in [6.45, 7) is 3.68. The van der Waals surface area contributed by atoms with Crippen molar-refractivity contribution >= 4 is 37.5 Å². The highest BCUT2D eigenvalue weighted by Crippen LogP contribution is 2.21. The summed E-state index contributed by atoms with van der Waals surface area (Å²) >= 11 is 3.26. The Bertz CT molecular complexity index is 802. The van der Waals surface area contributed by atoms with Crippen LogP contribution in [0.4, 0.5) is 5.69 Å². The molecule has 0 atom stereocenters. The third-order valence-electron chi connectivity index (χ3n) is 2.96. The first-order valence-corrected chi connectivity index (χ1v) is 9.25. The van der Waals surface area contributed by atoms with Gasteiger partial charge in [-0.1, -0.05) is 28.1 Å². The Morgan fingerprint density at radius 2 is 1.65 bits per heavy atom. The quantitative estimate of drug-likeness (QED) is 0.812. The minimum absolute atomic E-state index is 0.0429. The minimum Gasteiger partial charge on any atom is -0.350 e. The molecular weight excluding hydrogens is 380 g/mol. The lowest BCUT2D eigenvalue weighted by molar-refractivity contribution is 0.0944. The van der Waals surface area contributed by atoms with Crippen LogP contribution in [0.2, 0.25) is 0 Å². The third kappa shape index (κ3) is 4.56. The first-order chi connectivity index (χ1) is 10.8. The molecule has 7 heteroatoms. The van der Waals surface area contributed by atoms with E-state index in [-0.39, 0.29) is 28.1 Å². The molecule has 0 bridgehead atoms. The SMILES string of the molecule is CC(C)NC(=O)c1ccccc1NS(=O)(=O)c1ccc(Br)cc1. The van der Waals surface area contributed by atoms with E-state index in [1.807, 2.05) is 13.8 Å². The number of carbonyl (C=O) groups excluding carboxylic acids is 1. The van der Waals surface area contributed by atoms with Gasteiger partial charge >= 0.3 is 0 Å². The van der Waals surface area contributed by atoms with Gasteiger partial charge in [0.15, 0.2) is 0 Å². The summed E-state index contributed by atoms with van der Waals surface area (Å²) in [5.74, 6) is -0.325. The van der Waals surface area contributed by atoms with Crippen LogP contribution in [0.1, 0.15) is 24.2 Å². The van der Waals surface area contributed by atoms with Crippen LogP contribution >= 0.6 is 15.9 Å². The second-order valence-corrected chi connectivity index (χ2v) is 7.83. The van der Waals surface area contributed by atoms with Gasteiger partial charge in [0.1, 0.15) is 0 Å². The number of benzene rings is 2. The standard InChI is InChI=1S/C16H17BrN2O3S/c1-11(2)18-16(20)14-5-3-4-6-15(14)19-23(21,22)13-9-7-12(17)8-10-13/h3-11,19H,1-2H3,(H,18,20). The molecule has 122 valence electrons. The van der Waals surface area contributed by atoms with Crippen molar-refractivity contribution in [2.45, 2.75) is 24.8 Å². The van der Waals surface area contributed by atoms with Gasteiger partial charge in [-0.25, -0.2) is 8.42 Å². The van der Waals surface area contributed by atoms with Gasteiger partial charge in [0.25, 0.3) is 15.9 Å². The predicted octanol–water partition coefficient (Wildman–Crippen LogP) is 3.39. The zero-order valence-electron chi connectivity index (χ0n) is 12.7. The van der Waals surface area contributed by atoms with Crippen LogP contribution in [0.3, 0.4) is 0 Å². The van der Waals surface area contributed by atoms with Crippen molar-refractivity contribution < 1.29 is 13.2 Å². The first kappa shape index (κ1) is 17.5. The maximum absolute atomic E-state index is 12.5.